The van der Waals surface area contributed by atoms with Crippen LogP contribution in [-0.4, -0.2) is 32.3 Å². The molecule has 1 fully saturated rings. The van der Waals surface area contributed by atoms with Gasteiger partial charge in [-0.3, -0.25) is 10.1 Å². The van der Waals surface area contributed by atoms with Gasteiger partial charge < -0.3 is 4.74 Å². The van der Waals surface area contributed by atoms with Gasteiger partial charge >= 0.3 is 0 Å². The second-order valence-electron chi connectivity index (χ2n) is 7.05. The van der Waals surface area contributed by atoms with E-state index in [4.69, 9.17) is 4.74 Å². The Labute approximate surface area is 161 Å². The number of nitrogens with zero attached hydrogens (tertiary/aromatic N) is 4. The van der Waals surface area contributed by atoms with E-state index >= 15 is 0 Å². The zero-order valence-electron chi connectivity index (χ0n) is 15.6. The standard InChI is InChI=1S/C19H23N5O2S/c1-12-7-6-8-13(2)16(12)26-11-15(25)20-18-23-24-17(21-22-19(24)27-18)14-9-4-3-5-10-14/h6-8,14H,3-5,9-11H2,1-2H3,(H,20,23,25). The Balaban J connectivity index is 1.42. The highest BCUT2D eigenvalue weighted by atomic mass is 32.1. The molecule has 0 bridgehead atoms. The van der Waals surface area contributed by atoms with Gasteiger partial charge in [-0.2, -0.15) is 4.52 Å². The van der Waals surface area contributed by atoms with Gasteiger partial charge in [-0.1, -0.05) is 48.8 Å². The largest absolute Gasteiger partial charge is 0.483 e. The van der Waals surface area contributed by atoms with Crippen molar-refractivity contribution < 1.29 is 9.53 Å². The van der Waals surface area contributed by atoms with Gasteiger partial charge in [0.25, 0.3) is 5.91 Å². The predicted molar refractivity (Wildman–Crippen MR) is 105 cm³/mol. The fourth-order valence-electron chi connectivity index (χ4n) is 3.62. The molecule has 8 heteroatoms. The third kappa shape index (κ3) is 3.80. The van der Waals surface area contributed by atoms with Gasteiger partial charge in [0.15, 0.2) is 12.4 Å². The van der Waals surface area contributed by atoms with Crippen LogP contribution in [0.4, 0.5) is 5.13 Å². The van der Waals surface area contributed by atoms with Gasteiger partial charge in [0, 0.05) is 5.92 Å². The first-order valence-electron chi connectivity index (χ1n) is 9.33. The number of fused-ring (bicyclic) bond motifs is 1. The van der Waals surface area contributed by atoms with E-state index in [9.17, 15) is 4.79 Å². The lowest BCUT2D eigenvalue weighted by Gasteiger charge is -2.18. The van der Waals surface area contributed by atoms with E-state index in [1.165, 1.54) is 30.6 Å². The molecular weight excluding hydrogens is 362 g/mol. The Bertz CT molecular complexity index is 938. The number of carbonyl (C=O) groups is 1. The van der Waals surface area contributed by atoms with E-state index in [1.54, 1.807) is 4.52 Å². The Morgan fingerprint density at radius 2 is 1.96 bits per heavy atom. The fourth-order valence-corrected chi connectivity index (χ4v) is 4.38. The van der Waals surface area contributed by atoms with Crippen LogP contribution < -0.4 is 10.1 Å². The minimum absolute atomic E-state index is 0.0542. The highest BCUT2D eigenvalue weighted by Crippen LogP contribution is 2.32. The van der Waals surface area contributed by atoms with Crippen molar-refractivity contribution in [1.82, 2.24) is 19.8 Å². The SMILES string of the molecule is Cc1cccc(C)c1OCC(=O)Nc1nn2c(C3CCCCC3)nnc2s1. The molecule has 1 amide bonds. The second kappa shape index (κ2) is 7.64. The van der Waals surface area contributed by atoms with E-state index in [-0.39, 0.29) is 12.5 Å². The molecule has 142 valence electrons. The van der Waals surface area contributed by atoms with Crippen LogP contribution in [0.25, 0.3) is 4.96 Å². The number of hydrogen-bond donors (Lipinski definition) is 1. The molecule has 0 atom stereocenters. The first-order chi connectivity index (χ1) is 13.1. The van der Waals surface area contributed by atoms with Gasteiger partial charge in [0.2, 0.25) is 10.1 Å². The van der Waals surface area contributed by atoms with E-state index in [1.807, 2.05) is 32.0 Å². The number of benzene rings is 1. The molecule has 1 saturated carbocycles. The highest BCUT2D eigenvalue weighted by Gasteiger charge is 2.23. The summed E-state index contributed by atoms with van der Waals surface area (Å²) in [5.74, 6) is 1.84. The van der Waals surface area contributed by atoms with Crippen LogP contribution in [0.2, 0.25) is 0 Å². The lowest BCUT2D eigenvalue weighted by Crippen LogP contribution is -2.20. The smallest absolute Gasteiger partial charge is 0.264 e. The van der Waals surface area contributed by atoms with Crippen LogP contribution in [0, 0.1) is 13.8 Å². The zero-order valence-corrected chi connectivity index (χ0v) is 16.4. The molecule has 0 spiro atoms. The molecule has 1 N–H and O–H groups in total. The number of hydrogen-bond acceptors (Lipinski definition) is 6. The average Bonchev–Trinajstić information content (AvgIpc) is 3.22. The molecule has 0 radical (unpaired) electrons. The van der Waals surface area contributed by atoms with Gasteiger partial charge in [-0.15, -0.1) is 15.3 Å². The maximum atomic E-state index is 12.3. The van der Waals surface area contributed by atoms with Crippen molar-refractivity contribution >= 4 is 27.3 Å². The molecule has 2 heterocycles. The lowest BCUT2D eigenvalue weighted by atomic mass is 9.89. The van der Waals surface area contributed by atoms with Crippen molar-refractivity contribution in [3.63, 3.8) is 0 Å². The number of aryl methyl sites for hydroxylation is 2. The molecule has 27 heavy (non-hydrogen) atoms. The molecule has 1 aliphatic carbocycles. The molecule has 0 saturated heterocycles. The van der Waals surface area contributed by atoms with Crippen LogP contribution >= 0.6 is 11.3 Å². The summed E-state index contributed by atoms with van der Waals surface area (Å²) in [6.07, 6.45) is 6.00. The number of rotatable bonds is 5. The summed E-state index contributed by atoms with van der Waals surface area (Å²) in [5, 5.41) is 16.4. The number of amides is 1. The molecule has 1 aromatic carbocycles. The molecule has 2 aromatic heterocycles. The van der Waals surface area contributed by atoms with E-state index < -0.39 is 0 Å². The number of ether oxygens (including phenoxy) is 1. The topological polar surface area (TPSA) is 81.4 Å². The minimum Gasteiger partial charge on any atom is -0.483 e. The Morgan fingerprint density at radius 3 is 2.70 bits per heavy atom. The monoisotopic (exact) mass is 385 g/mol. The minimum atomic E-state index is -0.234. The van der Waals surface area contributed by atoms with Gasteiger partial charge in [-0.05, 0) is 37.8 Å². The Kier molecular flexibility index (Phi) is 5.07. The van der Waals surface area contributed by atoms with Crippen LogP contribution in [0.15, 0.2) is 18.2 Å². The molecule has 1 aliphatic rings. The Morgan fingerprint density at radius 1 is 1.22 bits per heavy atom. The predicted octanol–water partition coefficient (Wildman–Crippen LogP) is 3.87. The van der Waals surface area contributed by atoms with E-state index in [0.29, 0.717) is 16.0 Å². The summed E-state index contributed by atoms with van der Waals surface area (Å²) in [4.78, 5) is 13.0. The maximum Gasteiger partial charge on any atom is 0.264 e. The summed E-state index contributed by atoms with van der Waals surface area (Å²) < 4.78 is 7.49. The quantitative estimate of drug-likeness (QED) is 0.721. The average molecular weight is 385 g/mol. The number of para-hydroxylation sites is 1. The number of carbonyl (C=O) groups excluding carboxylic acids is 1. The molecule has 4 rings (SSSR count). The number of anilines is 1. The first kappa shape index (κ1) is 17.9. The Hall–Kier alpha value is -2.48. The summed E-state index contributed by atoms with van der Waals surface area (Å²) >= 11 is 1.33. The zero-order chi connectivity index (χ0) is 18.8. The summed E-state index contributed by atoms with van der Waals surface area (Å²) in [6, 6.07) is 5.91. The normalized spacial score (nSPS) is 15.2. The first-order valence-corrected chi connectivity index (χ1v) is 10.1. The number of nitrogens with one attached hydrogen (secondary N) is 1. The third-order valence-corrected chi connectivity index (χ3v) is 5.80. The molecule has 3 aromatic rings. The summed E-state index contributed by atoms with van der Waals surface area (Å²) in [6.45, 7) is 3.88. The molecule has 7 nitrogen and oxygen atoms in total. The number of aromatic nitrogens is 4. The van der Waals surface area contributed by atoms with Gasteiger partial charge in [-0.25, -0.2) is 0 Å². The highest BCUT2D eigenvalue weighted by molar-refractivity contribution is 7.20. The molecule has 0 unspecified atom stereocenters. The van der Waals surface area contributed by atoms with Crippen molar-refractivity contribution in [3.05, 3.63) is 35.2 Å². The van der Waals surface area contributed by atoms with Gasteiger partial charge in [0.05, 0.1) is 0 Å². The van der Waals surface area contributed by atoms with Crippen molar-refractivity contribution in [2.24, 2.45) is 0 Å². The van der Waals surface area contributed by atoms with Crippen LogP contribution in [-0.2, 0) is 4.79 Å². The van der Waals surface area contributed by atoms with Crippen LogP contribution in [0.1, 0.15) is 55.0 Å². The second-order valence-corrected chi connectivity index (χ2v) is 8.01. The van der Waals surface area contributed by atoms with E-state index in [2.05, 4.69) is 20.6 Å². The third-order valence-electron chi connectivity index (χ3n) is 4.99. The van der Waals surface area contributed by atoms with Crippen LogP contribution in [0.5, 0.6) is 5.75 Å². The maximum absolute atomic E-state index is 12.3. The van der Waals surface area contributed by atoms with Crippen LogP contribution in [0.3, 0.4) is 0 Å². The molecule has 0 aliphatic heterocycles. The van der Waals surface area contributed by atoms with Crippen molar-refractivity contribution in [3.8, 4) is 5.75 Å². The summed E-state index contributed by atoms with van der Waals surface area (Å²) in [7, 11) is 0. The van der Waals surface area contributed by atoms with E-state index in [0.717, 1.165) is 35.5 Å². The van der Waals surface area contributed by atoms with Crippen molar-refractivity contribution in [2.45, 2.75) is 51.9 Å². The van der Waals surface area contributed by atoms with Gasteiger partial charge in [0.1, 0.15) is 5.75 Å². The molecular formula is C19H23N5O2S. The van der Waals surface area contributed by atoms with Crippen molar-refractivity contribution in [1.29, 1.82) is 0 Å². The lowest BCUT2D eigenvalue weighted by molar-refractivity contribution is -0.118. The fraction of sp³-hybridized carbons (Fsp3) is 0.474. The summed E-state index contributed by atoms with van der Waals surface area (Å²) in [5.41, 5.74) is 2.03. The van der Waals surface area contributed by atoms with Crippen molar-refractivity contribution in [2.75, 3.05) is 11.9 Å².